The van der Waals surface area contributed by atoms with Crippen LogP contribution in [0.2, 0.25) is 0 Å². The molecule has 0 radical (unpaired) electrons. The number of anilines is 2. The molecule has 3 aromatic rings. The van der Waals surface area contributed by atoms with Crippen LogP contribution in [0.1, 0.15) is 10.4 Å². The van der Waals surface area contributed by atoms with Crippen molar-refractivity contribution in [3.63, 3.8) is 0 Å². The fourth-order valence-electron chi connectivity index (χ4n) is 2.44. The lowest BCUT2D eigenvalue weighted by Gasteiger charge is -2.11. The summed E-state index contributed by atoms with van der Waals surface area (Å²) in [5, 5.41) is 3.08. The van der Waals surface area contributed by atoms with E-state index in [-0.39, 0.29) is 11.0 Å². The predicted octanol–water partition coefficient (Wildman–Crippen LogP) is 2.37. The quantitative estimate of drug-likeness (QED) is 0.712. The van der Waals surface area contributed by atoms with Crippen LogP contribution in [0.4, 0.5) is 11.4 Å². The Morgan fingerprint density at radius 1 is 1.09 bits per heavy atom. The summed E-state index contributed by atoms with van der Waals surface area (Å²) in [4.78, 5) is 25.0. The van der Waals surface area contributed by atoms with Crippen LogP contribution >= 0.6 is 0 Å². The monoisotopic (exact) mass is 293 g/mol. The zero-order chi connectivity index (χ0) is 15.7. The third-order valence-corrected chi connectivity index (χ3v) is 3.53. The lowest BCUT2D eigenvalue weighted by atomic mass is 10.1. The number of benzene rings is 2. The summed E-state index contributed by atoms with van der Waals surface area (Å²) in [6.45, 7) is 0. The third kappa shape index (κ3) is 2.33. The van der Waals surface area contributed by atoms with Gasteiger partial charge in [-0.1, -0.05) is 24.3 Å². The fraction of sp³-hybridized carbons (Fsp3) is 0.0588. The average molecular weight is 293 g/mol. The first-order valence-corrected chi connectivity index (χ1v) is 6.82. The number of fused-ring (bicyclic) bond motifs is 1. The van der Waals surface area contributed by atoms with E-state index < -0.39 is 5.91 Å². The molecule has 1 amide bonds. The molecule has 5 nitrogen and oxygen atoms in total. The van der Waals surface area contributed by atoms with Crippen LogP contribution in [0.25, 0.3) is 10.9 Å². The van der Waals surface area contributed by atoms with Crippen molar-refractivity contribution in [2.75, 3.05) is 11.1 Å². The second-order valence-corrected chi connectivity index (χ2v) is 5.04. The minimum atomic E-state index is -0.447. The van der Waals surface area contributed by atoms with E-state index in [0.717, 1.165) is 0 Å². The van der Waals surface area contributed by atoms with Crippen molar-refractivity contribution in [3.05, 3.63) is 70.5 Å². The second-order valence-electron chi connectivity index (χ2n) is 5.04. The van der Waals surface area contributed by atoms with Gasteiger partial charge in [-0.05, 0) is 24.3 Å². The van der Waals surface area contributed by atoms with Crippen LogP contribution in [0.5, 0.6) is 0 Å². The third-order valence-electron chi connectivity index (χ3n) is 3.53. The first kappa shape index (κ1) is 13.9. The Morgan fingerprint density at radius 3 is 2.55 bits per heavy atom. The van der Waals surface area contributed by atoms with E-state index in [4.69, 9.17) is 5.73 Å². The molecule has 5 heteroatoms. The van der Waals surface area contributed by atoms with E-state index in [1.54, 1.807) is 41.9 Å². The van der Waals surface area contributed by atoms with Crippen LogP contribution in [-0.2, 0) is 7.05 Å². The highest BCUT2D eigenvalue weighted by Crippen LogP contribution is 2.18. The molecule has 1 heterocycles. The fourth-order valence-corrected chi connectivity index (χ4v) is 2.44. The number of nitrogen functional groups attached to an aromatic ring is 1. The van der Waals surface area contributed by atoms with Crippen molar-refractivity contribution in [1.82, 2.24) is 4.57 Å². The molecular weight excluding hydrogens is 278 g/mol. The number of hydrogen-bond acceptors (Lipinski definition) is 3. The van der Waals surface area contributed by atoms with Gasteiger partial charge < -0.3 is 15.6 Å². The maximum Gasteiger partial charge on any atom is 0.261 e. The lowest BCUT2D eigenvalue weighted by Crippen LogP contribution is -2.24. The van der Waals surface area contributed by atoms with Crippen LogP contribution < -0.4 is 16.5 Å². The van der Waals surface area contributed by atoms with Gasteiger partial charge in [0.2, 0.25) is 5.43 Å². The largest absolute Gasteiger partial charge is 0.398 e. The summed E-state index contributed by atoms with van der Waals surface area (Å²) in [5.74, 6) is -0.447. The topological polar surface area (TPSA) is 77.1 Å². The van der Waals surface area contributed by atoms with Crippen LogP contribution in [-0.4, -0.2) is 10.5 Å². The number of nitrogens with one attached hydrogen (secondary N) is 1. The number of carbonyl (C=O) groups excluding carboxylic acids is 1. The molecule has 22 heavy (non-hydrogen) atoms. The highest BCUT2D eigenvalue weighted by atomic mass is 16.2. The van der Waals surface area contributed by atoms with Crippen molar-refractivity contribution in [3.8, 4) is 0 Å². The van der Waals surface area contributed by atoms with E-state index in [2.05, 4.69) is 5.32 Å². The molecule has 0 atom stereocenters. The molecule has 0 unspecified atom stereocenters. The Bertz CT molecular complexity index is 914. The Hall–Kier alpha value is -3.08. The van der Waals surface area contributed by atoms with Gasteiger partial charge in [0.1, 0.15) is 5.56 Å². The number of pyridine rings is 1. The van der Waals surface area contributed by atoms with Gasteiger partial charge in [0.05, 0.1) is 10.9 Å². The number of rotatable bonds is 2. The van der Waals surface area contributed by atoms with Crippen LogP contribution in [0.3, 0.4) is 0 Å². The summed E-state index contributed by atoms with van der Waals surface area (Å²) in [6, 6.07) is 14.2. The summed E-state index contributed by atoms with van der Waals surface area (Å²) in [5.41, 5.74) is 7.31. The molecule has 0 aliphatic carbocycles. The number of amides is 1. The van der Waals surface area contributed by atoms with Crippen molar-refractivity contribution in [1.29, 1.82) is 0 Å². The van der Waals surface area contributed by atoms with Gasteiger partial charge in [-0.2, -0.15) is 0 Å². The smallest absolute Gasteiger partial charge is 0.261 e. The molecule has 1 aromatic heterocycles. The molecule has 0 bridgehead atoms. The lowest BCUT2D eigenvalue weighted by molar-refractivity contribution is 0.102. The first-order chi connectivity index (χ1) is 10.6. The molecule has 110 valence electrons. The molecular formula is C17H15N3O2. The minimum Gasteiger partial charge on any atom is -0.398 e. The average Bonchev–Trinajstić information content (AvgIpc) is 2.51. The zero-order valence-corrected chi connectivity index (χ0v) is 12.0. The van der Waals surface area contributed by atoms with Gasteiger partial charge in [0.25, 0.3) is 5.91 Å². The van der Waals surface area contributed by atoms with E-state index in [1.807, 2.05) is 18.2 Å². The molecule has 0 saturated carbocycles. The van der Waals surface area contributed by atoms with Crippen molar-refractivity contribution in [2.24, 2.45) is 7.05 Å². The first-order valence-electron chi connectivity index (χ1n) is 6.82. The van der Waals surface area contributed by atoms with E-state index >= 15 is 0 Å². The van der Waals surface area contributed by atoms with Crippen LogP contribution in [0, 0.1) is 0 Å². The molecule has 0 spiro atoms. The Kier molecular flexibility index (Phi) is 3.39. The number of carbonyl (C=O) groups is 1. The van der Waals surface area contributed by atoms with E-state index in [0.29, 0.717) is 22.3 Å². The van der Waals surface area contributed by atoms with Crippen molar-refractivity contribution < 1.29 is 4.79 Å². The van der Waals surface area contributed by atoms with Gasteiger partial charge in [-0.3, -0.25) is 9.59 Å². The Labute approximate surface area is 127 Å². The molecule has 3 N–H and O–H groups in total. The van der Waals surface area contributed by atoms with E-state index in [9.17, 15) is 9.59 Å². The molecule has 0 aliphatic heterocycles. The number of para-hydroxylation sites is 1. The minimum absolute atomic E-state index is 0.0664. The predicted molar refractivity (Wildman–Crippen MR) is 88.0 cm³/mol. The zero-order valence-electron chi connectivity index (χ0n) is 12.0. The van der Waals surface area contributed by atoms with Crippen molar-refractivity contribution >= 4 is 28.2 Å². The standard InChI is InChI=1S/C17H15N3O2/c1-20-10-12(17(22)19-11-6-3-2-4-7-11)16(21)15-13(18)8-5-9-14(15)20/h2-10H,18H2,1H3,(H,19,22). The normalized spacial score (nSPS) is 10.6. The maximum absolute atomic E-state index is 12.6. The summed E-state index contributed by atoms with van der Waals surface area (Å²) in [7, 11) is 1.78. The van der Waals surface area contributed by atoms with Gasteiger partial charge >= 0.3 is 0 Å². The number of nitrogens with zero attached hydrogens (tertiary/aromatic N) is 1. The summed E-state index contributed by atoms with van der Waals surface area (Å²) in [6.07, 6.45) is 1.53. The summed E-state index contributed by atoms with van der Waals surface area (Å²) < 4.78 is 1.73. The molecule has 0 saturated heterocycles. The highest BCUT2D eigenvalue weighted by Gasteiger charge is 2.16. The van der Waals surface area contributed by atoms with Crippen molar-refractivity contribution in [2.45, 2.75) is 0 Å². The van der Waals surface area contributed by atoms with Crippen LogP contribution in [0.15, 0.2) is 59.5 Å². The maximum atomic E-state index is 12.6. The number of nitrogens with two attached hydrogens (primary N) is 1. The molecule has 3 rings (SSSR count). The molecule has 0 fully saturated rings. The molecule has 2 aromatic carbocycles. The Morgan fingerprint density at radius 2 is 1.82 bits per heavy atom. The van der Waals surface area contributed by atoms with E-state index in [1.165, 1.54) is 6.20 Å². The molecule has 0 aliphatic rings. The van der Waals surface area contributed by atoms with Gasteiger partial charge in [0, 0.05) is 24.6 Å². The SMILES string of the molecule is Cn1cc(C(=O)Nc2ccccc2)c(=O)c2c(N)cccc21. The number of aromatic nitrogens is 1. The summed E-state index contributed by atoms with van der Waals surface area (Å²) >= 11 is 0. The second kappa shape index (κ2) is 5.37. The highest BCUT2D eigenvalue weighted by molar-refractivity contribution is 6.06. The Balaban J connectivity index is 2.12. The van der Waals surface area contributed by atoms with Gasteiger partial charge in [-0.15, -0.1) is 0 Å². The number of aryl methyl sites for hydroxylation is 1. The number of hydrogen-bond donors (Lipinski definition) is 2. The van der Waals surface area contributed by atoms with Gasteiger partial charge in [-0.25, -0.2) is 0 Å². The van der Waals surface area contributed by atoms with Gasteiger partial charge in [0.15, 0.2) is 0 Å².